The van der Waals surface area contributed by atoms with Crippen LogP contribution in [0.1, 0.15) is 16.9 Å². The Morgan fingerprint density at radius 3 is 2.39 bits per heavy atom. The van der Waals surface area contributed by atoms with Crippen molar-refractivity contribution in [3.8, 4) is 17.2 Å². The van der Waals surface area contributed by atoms with Gasteiger partial charge in [0.05, 0.1) is 10.4 Å². The minimum Gasteiger partial charge on any atom is -0.449 e. The van der Waals surface area contributed by atoms with Crippen LogP contribution in [0, 0.1) is 12.7 Å². The van der Waals surface area contributed by atoms with Gasteiger partial charge >= 0.3 is 12.1 Å². The predicted molar refractivity (Wildman–Crippen MR) is 125 cm³/mol. The minimum absolute atomic E-state index is 0.0186. The molecule has 0 aliphatic rings. The van der Waals surface area contributed by atoms with Crippen LogP contribution in [0.2, 0.25) is 5.02 Å². The number of ether oxygens (including phenoxy) is 2. The SMILES string of the molecule is Cc1ccc(Oc2c(C(F)(F)F)oc3cc(OC(=O)/C=C/c4c(F)cccc4Cl)ccc3c2=O)cc1. The summed E-state index contributed by atoms with van der Waals surface area (Å²) >= 11 is 5.89. The molecule has 0 atom stereocenters. The first-order valence-electron chi connectivity index (χ1n) is 10.3. The van der Waals surface area contributed by atoms with E-state index in [0.717, 1.165) is 35.9 Å². The zero-order valence-electron chi connectivity index (χ0n) is 18.4. The van der Waals surface area contributed by atoms with Crippen molar-refractivity contribution in [1.82, 2.24) is 0 Å². The average molecular weight is 519 g/mol. The highest BCUT2D eigenvalue weighted by molar-refractivity contribution is 6.32. The monoisotopic (exact) mass is 518 g/mol. The zero-order chi connectivity index (χ0) is 26.0. The maximum absolute atomic E-state index is 13.8. The molecule has 4 aromatic rings. The van der Waals surface area contributed by atoms with Crippen molar-refractivity contribution in [3.05, 3.63) is 105 Å². The molecule has 0 saturated heterocycles. The van der Waals surface area contributed by atoms with Crippen molar-refractivity contribution >= 4 is 34.6 Å². The van der Waals surface area contributed by atoms with Crippen LogP contribution in [0.5, 0.6) is 17.2 Å². The number of aryl methyl sites for hydroxylation is 1. The molecular formula is C26H15ClF4O5. The van der Waals surface area contributed by atoms with Crippen molar-refractivity contribution in [1.29, 1.82) is 0 Å². The second kappa shape index (κ2) is 9.87. The van der Waals surface area contributed by atoms with Crippen molar-refractivity contribution < 1.29 is 36.2 Å². The van der Waals surface area contributed by atoms with Gasteiger partial charge in [0.2, 0.25) is 11.2 Å². The summed E-state index contributed by atoms with van der Waals surface area (Å²) in [4.78, 5) is 25.0. The maximum atomic E-state index is 13.8. The van der Waals surface area contributed by atoms with Crippen molar-refractivity contribution in [2.45, 2.75) is 13.1 Å². The largest absolute Gasteiger partial charge is 0.453 e. The third kappa shape index (κ3) is 5.41. The number of hydrogen-bond acceptors (Lipinski definition) is 5. The predicted octanol–water partition coefficient (Wildman–Crippen LogP) is 7.32. The number of halogens is 5. The molecule has 4 rings (SSSR count). The molecule has 1 aromatic heterocycles. The molecule has 0 bridgehead atoms. The molecular weight excluding hydrogens is 504 g/mol. The Kier molecular flexibility index (Phi) is 6.85. The first-order chi connectivity index (χ1) is 17.0. The molecule has 0 spiro atoms. The first-order valence-corrected chi connectivity index (χ1v) is 10.7. The van der Waals surface area contributed by atoms with E-state index in [1.54, 1.807) is 19.1 Å². The standard InChI is InChI=1S/C26H15ClF4O5/c1-14-5-7-15(8-6-14)35-24-23(33)18-10-9-16(13-21(18)36-25(24)26(29,30)31)34-22(32)12-11-17-19(27)3-2-4-20(17)28/h2-13H,1H3/b12-11+. The highest BCUT2D eigenvalue weighted by atomic mass is 35.5. The van der Waals surface area contributed by atoms with Gasteiger partial charge in [-0.15, -0.1) is 0 Å². The lowest BCUT2D eigenvalue weighted by molar-refractivity contribution is -0.154. The number of carbonyl (C=O) groups excluding carboxylic acids is 1. The fourth-order valence-electron chi connectivity index (χ4n) is 3.19. The van der Waals surface area contributed by atoms with Crippen LogP contribution in [-0.2, 0) is 11.0 Å². The van der Waals surface area contributed by atoms with E-state index < -0.39 is 40.5 Å². The van der Waals surface area contributed by atoms with E-state index in [0.29, 0.717) is 0 Å². The molecule has 10 heteroatoms. The van der Waals surface area contributed by atoms with Crippen molar-refractivity contribution in [2.75, 3.05) is 0 Å². The van der Waals surface area contributed by atoms with Gasteiger partial charge in [-0.3, -0.25) is 4.79 Å². The Balaban J connectivity index is 1.67. The smallest absolute Gasteiger partial charge is 0.449 e. The van der Waals surface area contributed by atoms with Gasteiger partial charge in [-0.05, 0) is 49.4 Å². The Hall–Kier alpha value is -4.11. The van der Waals surface area contributed by atoms with Gasteiger partial charge in [0.15, 0.2) is 0 Å². The van der Waals surface area contributed by atoms with Crippen LogP contribution in [-0.4, -0.2) is 5.97 Å². The summed E-state index contributed by atoms with van der Waals surface area (Å²) in [5, 5.41) is -0.159. The van der Waals surface area contributed by atoms with Crippen molar-refractivity contribution in [3.63, 3.8) is 0 Å². The highest BCUT2D eigenvalue weighted by Crippen LogP contribution is 2.38. The van der Waals surface area contributed by atoms with Crippen LogP contribution in [0.3, 0.4) is 0 Å². The van der Waals surface area contributed by atoms with E-state index in [4.69, 9.17) is 25.5 Å². The number of fused-ring (bicyclic) bond motifs is 1. The van der Waals surface area contributed by atoms with Gasteiger partial charge in [-0.1, -0.05) is 35.4 Å². The summed E-state index contributed by atoms with van der Waals surface area (Å²) in [5.74, 6) is -4.48. The van der Waals surface area contributed by atoms with Gasteiger partial charge in [-0.2, -0.15) is 13.2 Å². The molecule has 0 unspecified atom stereocenters. The number of rotatable bonds is 5. The molecule has 1 heterocycles. The van der Waals surface area contributed by atoms with E-state index in [-0.39, 0.29) is 27.5 Å². The van der Waals surface area contributed by atoms with E-state index in [2.05, 4.69) is 0 Å². The Bertz CT molecular complexity index is 1520. The fraction of sp³-hybridized carbons (Fsp3) is 0.0769. The summed E-state index contributed by atoms with van der Waals surface area (Å²) in [5.41, 5.74) is -0.736. The average Bonchev–Trinajstić information content (AvgIpc) is 2.81. The van der Waals surface area contributed by atoms with Crippen LogP contribution in [0.4, 0.5) is 17.6 Å². The molecule has 0 aliphatic carbocycles. The number of hydrogen-bond donors (Lipinski definition) is 0. The van der Waals surface area contributed by atoms with Gasteiger partial charge in [-0.25, -0.2) is 9.18 Å². The van der Waals surface area contributed by atoms with Crippen LogP contribution >= 0.6 is 11.6 Å². The fourth-order valence-corrected chi connectivity index (χ4v) is 3.42. The van der Waals surface area contributed by atoms with Gasteiger partial charge in [0, 0.05) is 17.7 Å². The molecule has 0 aliphatic heterocycles. The zero-order valence-corrected chi connectivity index (χ0v) is 19.1. The van der Waals surface area contributed by atoms with E-state index >= 15 is 0 Å². The van der Waals surface area contributed by atoms with Gasteiger partial charge < -0.3 is 13.9 Å². The van der Waals surface area contributed by atoms with E-state index in [9.17, 15) is 27.2 Å². The topological polar surface area (TPSA) is 65.7 Å². The first kappa shape index (κ1) is 25.0. The summed E-state index contributed by atoms with van der Waals surface area (Å²) in [6, 6.07) is 13.3. The second-order valence-electron chi connectivity index (χ2n) is 7.55. The Labute approximate surface area is 206 Å². The Morgan fingerprint density at radius 2 is 1.72 bits per heavy atom. The number of carbonyl (C=O) groups is 1. The van der Waals surface area contributed by atoms with Gasteiger partial charge in [0.25, 0.3) is 5.76 Å². The van der Waals surface area contributed by atoms with E-state index in [1.807, 2.05) is 0 Å². The molecule has 0 fully saturated rings. The van der Waals surface area contributed by atoms with E-state index in [1.165, 1.54) is 30.3 Å². The van der Waals surface area contributed by atoms with Gasteiger partial charge in [0.1, 0.15) is 22.9 Å². The second-order valence-corrected chi connectivity index (χ2v) is 7.96. The summed E-state index contributed by atoms with van der Waals surface area (Å²) < 4.78 is 70.3. The molecule has 3 aromatic carbocycles. The lowest BCUT2D eigenvalue weighted by Gasteiger charge is -2.13. The lowest BCUT2D eigenvalue weighted by atomic mass is 10.2. The molecule has 0 radical (unpaired) electrons. The summed E-state index contributed by atoms with van der Waals surface area (Å²) in [6.45, 7) is 1.78. The number of benzene rings is 3. The number of esters is 1. The lowest BCUT2D eigenvalue weighted by Crippen LogP contribution is -2.15. The third-order valence-corrected chi connectivity index (χ3v) is 5.25. The minimum atomic E-state index is -5.05. The summed E-state index contributed by atoms with van der Waals surface area (Å²) in [7, 11) is 0. The molecule has 5 nitrogen and oxygen atoms in total. The molecule has 0 amide bonds. The summed E-state index contributed by atoms with van der Waals surface area (Å²) in [6.07, 6.45) is -3.07. The van der Waals surface area contributed by atoms with Crippen LogP contribution in [0.25, 0.3) is 17.0 Å². The molecule has 184 valence electrons. The van der Waals surface area contributed by atoms with Crippen LogP contribution in [0.15, 0.2) is 76.0 Å². The molecule has 0 N–H and O–H groups in total. The number of alkyl halides is 3. The maximum Gasteiger partial charge on any atom is 0.453 e. The normalized spacial score (nSPS) is 11.7. The third-order valence-electron chi connectivity index (χ3n) is 4.92. The quantitative estimate of drug-likeness (QED) is 0.120. The molecule has 0 saturated carbocycles. The Morgan fingerprint density at radius 1 is 1.03 bits per heavy atom. The van der Waals surface area contributed by atoms with Crippen LogP contribution < -0.4 is 14.9 Å². The highest BCUT2D eigenvalue weighted by Gasteiger charge is 2.40. The van der Waals surface area contributed by atoms with Crippen molar-refractivity contribution in [2.24, 2.45) is 0 Å². The molecule has 36 heavy (non-hydrogen) atoms.